The predicted molar refractivity (Wildman–Crippen MR) is 157 cm³/mol. The summed E-state index contributed by atoms with van der Waals surface area (Å²) in [5.41, 5.74) is 0. The van der Waals surface area contributed by atoms with E-state index in [0.717, 1.165) is 31.7 Å². The Morgan fingerprint density at radius 1 is 0.756 bits per heavy atom. The topological polar surface area (TPSA) is 303 Å². The van der Waals surface area contributed by atoms with Crippen LogP contribution in [-0.2, 0) is 36.8 Å². The third-order valence-corrected chi connectivity index (χ3v) is 10.7. The Bertz CT molecular complexity index is 1090. The molecule has 2 saturated heterocycles. The molecule has 23 heteroatoms. The molecule has 1 saturated carbocycles. The monoisotopic (exact) mass is 731 g/mol. The van der Waals surface area contributed by atoms with Crippen molar-refractivity contribution in [1.82, 2.24) is 16.0 Å². The van der Waals surface area contributed by atoms with Gasteiger partial charge in [-0.2, -0.15) is 11.8 Å². The Hall–Kier alpha value is -0.0500. The van der Waals surface area contributed by atoms with Crippen LogP contribution in [0.1, 0.15) is 51.4 Å². The van der Waals surface area contributed by atoms with E-state index in [4.69, 9.17) is 4.74 Å². The van der Waals surface area contributed by atoms with Crippen molar-refractivity contribution >= 4 is 41.1 Å². The minimum atomic E-state index is -5.48. The molecule has 9 atom stereocenters. The summed E-state index contributed by atoms with van der Waals surface area (Å²) in [6.07, 6.45) is -7.79. The van der Waals surface area contributed by atoms with Crippen LogP contribution in [0.4, 0.5) is 0 Å². The molecule has 19 nitrogen and oxygen atoms in total. The van der Waals surface area contributed by atoms with Crippen molar-refractivity contribution in [2.45, 2.75) is 105 Å². The highest BCUT2D eigenvalue weighted by atomic mass is 32.2. The Balaban J connectivity index is 1.38. The lowest BCUT2D eigenvalue weighted by Gasteiger charge is -2.46. The van der Waals surface area contributed by atoms with Crippen molar-refractivity contribution in [1.29, 1.82) is 0 Å². The van der Waals surface area contributed by atoms with Gasteiger partial charge in [0, 0.05) is 49.3 Å². The van der Waals surface area contributed by atoms with Crippen molar-refractivity contribution in [3.05, 3.63) is 0 Å². The quantitative estimate of drug-likeness (QED) is 0.0548. The molecule has 1 amide bonds. The maximum atomic E-state index is 12.2. The highest BCUT2D eigenvalue weighted by molar-refractivity contribution is 8.00. The van der Waals surface area contributed by atoms with Crippen LogP contribution in [0.2, 0.25) is 0 Å². The Morgan fingerprint density at radius 2 is 1.31 bits per heavy atom. The maximum absolute atomic E-state index is 12.2. The van der Waals surface area contributed by atoms with Crippen LogP contribution < -0.4 is 16.0 Å². The van der Waals surface area contributed by atoms with Gasteiger partial charge in [-0.1, -0.05) is 19.3 Å². The van der Waals surface area contributed by atoms with Gasteiger partial charge in [0.15, 0.2) is 0 Å². The molecule has 2 aliphatic heterocycles. The molecule has 45 heavy (non-hydrogen) atoms. The third kappa shape index (κ3) is 13.4. The smallest absolute Gasteiger partial charge is 0.387 e. The second-order valence-electron chi connectivity index (χ2n) is 11.1. The number of ether oxygens (including phenoxy) is 1. The minimum absolute atomic E-state index is 0.0232. The van der Waals surface area contributed by atoms with Crippen LogP contribution in [0.5, 0.6) is 0 Å². The Kier molecular flexibility index (Phi) is 15.4. The van der Waals surface area contributed by atoms with Crippen molar-refractivity contribution in [3.63, 3.8) is 0 Å². The van der Waals surface area contributed by atoms with Gasteiger partial charge in [0.2, 0.25) is 5.91 Å². The zero-order valence-electron chi connectivity index (χ0n) is 24.3. The average Bonchev–Trinajstić information content (AvgIpc) is 3.53. The summed E-state index contributed by atoms with van der Waals surface area (Å²) in [6, 6.07) is 1.04. The van der Waals surface area contributed by atoms with Gasteiger partial charge in [-0.3, -0.25) is 29.0 Å². The van der Waals surface area contributed by atoms with Gasteiger partial charge < -0.3 is 49.6 Å². The summed E-state index contributed by atoms with van der Waals surface area (Å²) < 4.78 is 53.1. The fourth-order valence-electron chi connectivity index (χ4n) is 5.66. The molecule has 0 radical (unpaired) electrons. The lowest BCUT2D eigenvalue weighted by atomic mass is 9.85. The van der Waals surface area contributed by atoms with Gasteiger partial charge in [-0.15, -0.1) is 0 Å². The van der Waals surface area contributed by atoms with Gasteiger partial charge in [-0.05, 0) is 25.7 Å². The van der Waals surface area contributed by atoms with E-state index in [-0.39, 0.29) is 12.5 Å². The fraction of sp³-hybridized carbons (Fsp3) is 0.955. The molecule has 3 fully saturated rings. The molecule has 3 aliphatic rings. The second-order valence-corrected chi connectivity index (χ2v) is 15.9. The molecule has 0 spiro atoms. The Labute approximate surface area is 264 Å². The summed E-state index contributed by atoms with van der Waals surface area (Å²) >= 11 is 1.97. The van der Waals surface area contributed by atoms with Gasteiger partial charge in [0.05, 0.1) is 0 Å². The van der Waals surface area contributed by atoms with Gasteiger partial charge >= 0.3 is 23.5 Å². The molecule has 0 aromatic rings. The molecule has 0 aromatic carbocycles. The largest absolute Gasteiger partial charge is 0.470 e. The first-order chi connectivity index (χ1) is 21.0. The number of amides is 1. The van der Waals surface area contributed by atoms with Crippen LogP contribution in [0.3, 0.4) is 0 Å². The number of hydrogen-bond donors (Lipinski definition) is 11. The van der Waals surface area contributed by atoms with Crippen molar-refractivity contribution in [2.75, 3.05) is 25.6 Å². The summed E-state index contributed by atoms with van der Waals surface area (Å²) in [5, 5.41) is 31.7. The van der Waals surface area contributed by atoms with E-state index in [9.17, 15) is 58.1 Å². The van der Waals surface area contributed by atoms with Gasteiger partial charge in [0.25, 0.3) is 0 Å². The minimum Gasteiger partial charge on any atom is -0.387 e. The van der Waals surface area contributed by atoms with E-state index in [1.165, 1.54) is 0 Å². The number of carbonyl (C=O) groups is 1. The number of carbonyl (C=O) groups excluding carboxylic acids is 1. The van der Waals surface area contributed by atoms with Gasteiger partial charge in [-0.25, -0.2) is 13.7 Å². The predicted octanol–water partition coefficient (Wildman–Crippen LogP) is -1.22. The molecule has 0 unspecified atom stereocenters. The highest BCUT2D eigenvalue weighted by Gasteiger charge is 2.57. The zero-order valence-corrected chi connectivity index (χ0v) is 27.8. The number of fused-ring (bicyclic) bond motifs is 1. The summed E-state index contributed by atoms with van der Waals surface area (Å²) in [6.45, 7) is 1.13. The van der Waals surface area contributed by atoms with Gasteiger partial charge in [0.1, 0.15) is 36.6 Å². The van der Waals surface area contributed by atoms with E-state index in [1.807, 2.05) is 11.8 Å². The van der Waals surface area contributed by atoms with Crippen molar-refractivity contribution in [3.8, 4) is 0 Å². The number of aliphatic hydroxyl groups is 2. The van der Waals surface area contributed by atoms with Crippen LogP contribution in [-0.4, -0.2) is 125 Å². The van der Waals surface area contributed by atoms with Crippen LogP contribution >= 0.6 is 35.2 Å². The Morgan fingerprint density at radius 3 is 1.91 bits per heavy atom. The zero-order chi connectivity index (χ0) is 33.4. The summed E-state index contributed by atoms with van der Waals surface area (Å²) in [4.78, 5) is 67.5. The number of thioether (sulfide) groups is 1. The number of unbranched alkanes of at least 4 members (excludes halogenated alkanes) is 4. The molecule has 264 valence electrons. The van der Waals surface area contributed by atoms with Crippen LogP contribution in [0.15, 0.2) is 0 Å². The second kappa shape index (κ2) is 17.6. The van der Waals surface area contributed by atoms with Crippen LogP contribution in [0.25, 0.3) is 0 Å². The molecule has 2 heterocycles. The first-order valence-electron chi connectivity index (χ1n) is 14.5. The molecule has 0 bridgehead atoms. The number of nitrogens with one attached hydrogen (secondary N) is 3. The molecular weight excluding hydrogens is 687 g/mol. The summed E-state index contributed by atoms with van der Waals surface area (Å²) in [7, 11) is -16.3. The normalized spacial score (nSPS) is 32.5. The van der Waals surface area contributed by atoms with Crippen molar-refractivity contribution in [2.24, 2.45) is 0 Å². The van der Waals surface area contributed by atoms with E-state index >= 15 is 0 Å². The van der Waals surface area contributed by atoms with E-state index in [1.54, 1.807) is 0 Å². The third-order valence-electron chi connectivity index (χ3n) is 7.64. The highest BCUT2D eigenvalue weighted by Crippen LogP contribution is 2.49. The molecule has 1 aliphatic carbocycles. The summed E-state index contributed by atoms with van der Waals surface area (Å²) in [5.74, 6) is 1.09. The lowest BCUT2D eigenvalue weighted by Crippen LogP contribution is -2.65. The maximum Gasteiger partial charge on any atom is 0.470 e. The number of phosphoric ester groups is 3. The molecular formula is C22H44N3O16P3S. The molecule has 11 N–H and O–H groups in total. The van der Waals surface area contributed by atoms with E-state index in [2.05, 4.69) is 29.5 Å². The average molecular weight is 732 g/mol. The van der Waals surface area contributed by atoms with E-state index in [0.29, 0.717) is 56.0 Å². The standard InChI is InChI=1S/C22H44N3O16P3S/c26-15(8-4-3-7-14-16-13(11-45-14)24-12-25-16)23-9-5-1-2-6-10-38-19-17(27)21(40-43(32,33)34)22(41-44(35,36)37)18(28)20(19)39-42(29,30)31/h13-14,16-22,24-25,27-28H,1-12H2,(H,23,26)(H2,29,30,31)(H2,32,33,34)(H2,35,36,37)/t13-,14-,16-,17-,18+,19+,20+,21-,22-/m0/s1. The number of phosphoric acid groups is 3. The number of rotatable bonds is 19. The fourth-order valence-corrected chi connectivity index (χ4v) is 8.95. The van der Waals surface area contributed by atoms with E-state index < -0.39 is 60.1 Å². The van der Waals surface area contributed by atoms with Crippen LogP contribution in [0, 0.1) is 0 Å². The number of aliphatic hydroxyl groups excluding tert-OH is 2. The SMILES string of the molecule is O=C(CCCC[C@@H]1SC[C@@H]2NCN[C@@H]21)NCCCCCCO[C@@H]1[C@H](O)[C@H](OP(=O)(O)O)[C@@H](OP(=O)(O)O)[C@H](O)[C@H]1OP(=O)(O)O. The number of hydrogen-bond acceptors (Lipinski definition) is 13. The molecule has 0 aromatic heterocycles. The van der Waals surface area contributed by atoms with Crippen molar-refractivity contribution < 1.29 is 76.4 Å². The molecule has 3 rings (SSSR count). The lowest BCUT2D eigenvalue weighted by molar-refractivity contribution is -0.225. The first kappa shape index (κ1) is 39.4. The first-order valence-corrected chi connectivity index (χ1v) is 20.1.